The Morgan fingerprint density at radius 2 is 1.76 bits per heavy atom. The van der Waals surface area contributed by atoms with Gasteiger partial charge < -0.3 is 18.9 Å². The van der Waals surface area contributed by atoms with Gasteiger partial charge in [0.1, 0.15) is 29.4 Å². The van der Waals surface area contributed by atoms with Crippen molar-refractivity contribution >= 4 is 22.5 Å². The zero-order valence-electron chi connectivity index (χ0n) is 17.1. The van der Waals surface area contributed by atoms with E-state index in [1.54, 1.807) is 19.6 Å². The van der Waals surface area contributed by atoms with Crippen molar-refractivity contribution in [2.45, 2.75) is 13.5 Å². The summed E-state index contributed by atoms with van der Waals surface area (Å²) in [5.74, 6) is 2.51. The first kappa shape index (κ1) is 18.8. The van der Waals surface area contributed by atoms with E-state index in [0.29, 0.717) is 6.61 Å². The van der Waals surface area contributed by atoms with Crippen molar-refractivity contribution < 1.29 is 9.47 Å². The molecule has 2 aromatic carbocycles. The van der Waals surface area contributed by atoms with E-state index >= 15 is 0 Å². The van der Waals surface area contributed by atoms with Crippen molar-refractivity contribution in [2.24, 2.45) is 7.05 Å². The summed E-state index contributed by atoms with van der Waals surface area (Å²) in [6.07, 6.45) is 3.61. The van der Waals surface area contributed by atoms with Crippen molar-refractivity contribution in [3.63, 3.8) is 0 Å². The highest BCUT2D eigenvalue weighted by atomic mass is 16.5. The third-order valence-electron chi connectivity index (χ3n) is 5.05. The average Bonchev–Trinajstić information content (AvgIpc) is 3.13. The molecule has 0 aliphatic rings. The van der Waals surface area contributed by atoms with Crippen molar-refractivity contribution in [1.29, 1.82) is 0 Å². The minimum Gasteiger partial charge on any atom is -0.497 e. The molecule has 0 radical (unpaired) electrons. The Morgan fingerprint density at radius 3 is 2.52 bits per heavy atom. The number of fused-ring (bicyclic) bond motifs is 1. The van der Waals surface area contributed by atoms with Crippen molar-refractivity contribution in [3.8, 4) is 11.5 Å². The second-order valence-electron chi connectivity index (χ2n) is 7.03. The smallest absolute Gasteiger partial charge is 0.134 e. The topological polar surface area (TPSA) is 52.4 Å². The van der Waals surface area contributed by atoms with E-state index in [9.17, 15) is 0 Å². The number of hydrogen-bond donors (Lipinski definition) is 0. The van der Waals surface area contributed by atoms with Crippen LogP contribution in [0.15, 0.2) is 61.1 Å². The van der Waals surface area contributed by atoms with Crippen LogP contribution in [-0.2, 0) is 13.7 Å². The van der Waals surface area contributed by atoms with Crippen LogP contribution in [0, 0.1) is 6.92 Å². The number of pyridine rings is 1. The Kier molecular flexibility index (Phi) is 5.08. The fourth-order valence-electron chi connectivity index (χ4n) is 3.26. The first-order valence-electron chi connectivity index (χ1n) is 9.42. The largest absolute Gasteiger partial charge is 0.497 e. The first-order valence-corrected chi connectivity index (χ1v) is 9.42. The van der Waals surface area contributed by atoms with E-state index in [4.69, 9.17) is 9.47 Å². The van der Waals surface area contributed by atoms with E-state index in [1.807, 2.05) is 61.1 Å². The summed E-state index contributed by atoms with van der Waals surface area (Å²) in [6, 6.07) is 16.0. The molecule has 0 bridgehead atoms. The Hall–Kier alpha value is -3.54. The van der Waals surface area contributed by atoms with Crippen LogP contribution in [0.25, 0.3) is 11.0 Å². The van der Waals surface area contributed by atoms with Crippen LogP contribution >= 0.6 is 0 Å². The first-order chi connectivity index (χ1) is 14.0. The molecule has 6 nitrogen and oxygen atoms in total. The highest BCUT2D eigenvalue weighted by Gasteiger charge is 2.12. The zero-order chi connectivity index (χ0) is 20.4. The number of anilines is 2. The SMILES string of the molecule is COc1ccc(COc2ccc(C)c(N(C)c3cc4c(cn3)ncn4C)c2)cc1. The third kappa shape index (κ3) is 3.87. The summed E-state index contributed by atoms with van der Waals surface area (Å²) in [7, 11) is 5.66. The number of benzene rings is 2. The standard InChI is InChI=1S/C23H24N4O2/c1-16-5-8-19(29-14-17-6-9-18(28-4)10-7-17)11-21(16)27(3)23-12-22-20(13-24-23)25-15-26(22)2/h5-13,15H,14H2,1-4H3. The summed E-state index contributed by atoms with van der Waals surface area (Å²) in [6.45, 7) is 2.58. The molecule has 0 aliphatic heterocycles. The molecule has 0 saturated carbocycles. The number of aromatic nitrogens is 3. The van der Waals surface area contributed by atoms with Crippen LogP contribution in [0.5, 0.6) is 11.5 Å². The van der Waals surface area contributed by atoms with E-state index in [0.717, 1.165) is 45.2 Å². The molecule has 2 heterocycles. The Labute approximate surface area is 170 Å². The summed E-state index contributed by atoms with van der Waals surface area (Å²) in [4.78, 5) is 11.0. The Balaban J connectivity index is 1.55. The molecular formula is C23H24N4O2. The second-order valence-corrected chi connectivity index (χ2v) is 7.03. The Morgan fingerprint density at radius 1 is 1.00 bits per heavy atom. The zero-order valence-corrected chi connectivity index (χ0v) is 17.1. The average molecular weight is 388 g/mol. The van der Waals surface area contributed by atoms with Gasteiger partial charge in [0, 0.05) is 31.9 Å². The summed E-state index contributed by atoms with van der Waals surface area (Å²) in [5, 5.41) is 0. The minimum absolute atomic E-state index is 0.495. The van der Waals surface area contributed by atoms with Gasteiger partial charge in [-0.25, -0.2) is 9.97 Å². The maximum atomic E-state index is 6.02. The van der Waals surface area contributed by atoms with Gasteiger partial charge in [0.25, 0.3) is 0 Å². The van der Waals surface area contributed by atoms with Gasteiger partial charge >= 0.3 is 0 Å². The predicted octanol–water partition coefficient (Wildman–Crippen LogP) is 4.63. The van der Waals surface area contributed by atoms with Gasteiger partial charge in [0.2, 0.25) is 0 Å². The van der Waals surface area contributed by atoms with Gasteiger partial charge in [0.15, 0.2) is 0 Å². The van der Waals surface area contributed by atoms with Gasteiger partial charge in [-0.1, -0.05) is 18.2 Å². The lowest BCUT2D eigenvalue weighted by atomic mass is 10.1. The quantitative estimate of drug-likeness (QED) is 0.482. The predicted molar refractivity (Wildman–Crippen MR) is 115 cm³/mol. The molecule has 0 amide bonds. The van der Waals surface area contributed by atoms with Crippen LogP contribution < -0.4 is 14.4 Å². The van der Waals surface area contributed by atoms with Crippen molar-refractivity contribution in [1.82, 2.24) is 14.5 Å². The summed E-state index contributed by atoms with van der Waals surface area (Å²) in [5.41, 5.74) is 5.22. The number of ether oxygens (including phenoxy) is 2. The van der Waals surface area contributed by atoms with Crippen LogP contribution in [0.2, 0.25) is 0 Å². The molecule has 0 atom stereocenters. The number of aryl methyl sites for hydroxylation is 2. The molecule has 4 aromatic rings. The number of rotatable bonds is 6. The highest BCUT2D eigenvalue weighted by Crippen LogP contribution is 2.30. The number of methoxy groups -OCH3 is 1. The number of imidazole rings is 1. The van der Waals surface area contributed by atoms with E-state index < -0.39 is 0 Å². The minimum atomic E-state index is 0.495. The highest BCUT2D eigenvalue weighted by molar-refractivity contribution is 5.79. The molecule has 4 rings (SSSR count). The van der Waals surface area contributed by atoms with Crippen LogP contribution in [0.4, 0.5) is 11.5 Å². The monoisotopic (exact) mass is 388 g/mol. The van der Waals surface area contributed by atoms with Crippen LogP contribution in [0.3, 0.4) is 0 Å². The molecule has 0 fully saturated rings. The molecule has 0 unspecified atom stereocenters. The fraction of sp³-hybridized carbons (Fsp3) is 0.217. The van der Waals surface area contributed by atoms with Crippen LogP contribution in [-0.4, -0.2) is 28.7 Å². The molecular weight excluding hydrogens is 364 g/mol. The number of nitrogens with zero attached hydrogens (tertiary/aromatic N) is 4. The Bertz CT molecular complexity index is 1140. The van der Waals surface area contributed by atoms with Gasteiger partial charge in [-0.05, 0) is 36.2 Å². The molecule has 0 N–H and O–H groups in total. The summed E-state index contributed by atoms with van der Waals surface area (Å²) >= 11 is 0. The van der Waals surface area contributed by atoms with E-state index in [2.05, 4.69) is 27.9 Å². The fourth-order valence-corrected chi connectivity index (χ4v) is 3.26. The molecule has 148 valence electrons. The third-order valence-corrected chi connectivity index (χ3v) is 5.05. The van der Waals surface area contributed by atoms with Gasteiger partial charge in [-0.2, -0.15) is 0 Å². The normalized spacial score (nSPS) is 10.9. The lowest BCUT2D eigenvalue weighted by molar-refractivity contribution is 0.306. The van der Waals surface area contributed by atoms with Crippen molar-refractivity contribution in [2.75, 3.05) is 19.1 Å². The summed E-state index contributed by atoms with van der Waals surface area (Å²) < 4.78 is 13.2. The molecule has 6 heteroatoms. The molecule has 0 aliphatic carbocycles. The second kappa shape index (κ2) is 7.83. The van der Waals surface area contributed by atoms with Gasteiger partial charge in [0.05, 0.1) is 25.2 Å². The van der Waals surface area contributed by atoms with Gasteiger partial charge in [-0.15, -0.1) is 0 Å². The molecule has 29 heavy (non-hydrogen) atoms. The van der Waals surface area contributed by atoms with E-state index in [-0.39, 0.29) is 0 Å². The van der Waals surface area contributed by atoms with E-state index in [1.165, 1.54) is 0 Å². The molecule has 2 aromatic heterocycles. The van der Waals surface area contributed by atoms with Crippen molar-refractivity contribution in [3.05, 3.63) is 72.2 Å². The molecule has 0 saturated heterocycles. The number of hydrogen-bond acceptors (Lipinski definition) is 5. The van der Waals surface area contributed by atoms with Crippen LogP contribution in [0.1, 0.15) is 11.1 Å². The lowest BCUT2D eigenvalue weighted by Gasteiger charge is -2.21. The van der Waals surface area contributed by atoms with Gasteiger partial charge in [-0.3, -0.25) is 0 Å². The maximum Gasteiger partial charge on any atom is 0.134 e. The molecule has 0 spiro atoms. The lowest BCUT2D eigenvalue weighted by Crippen LogP contribution is -2.12. The maximum absolute atomic E-state index is 6.02.